The molecule has 1 aliphatic carbocycles. The van der Waals surface area contributed by atoms with Crippen LogP contribution in [-0.4, -0.2) is 40.2 Å². The number of halogens is 4. The Morgan fingerprint density at radius 1 is 1.34 bits per heavy atom. The minimum atomic E-state index is -4.27. The van der Waals surface area contributed by atoms with Gasteiger partial charge < -0.3 is 10.6 Å². The first-order valence-corrected chi connectivity index (χ1v) is 10.0. The summed E-state index contributed by atoms with van der Waals surface area (Å²) >= 11 is 0. The molecule has 2 N–H and O–H groups in total. The summed E-state index contributed by atoms with van der Waals surface area (Å²) < 4.78 is 52.4. The predicted octanol–water partition coefficient (Wildman–Crippen LogP) is 4.50. The van der Waals surface area contributed by atoms with Crippen molar-refractivity contribution in [1.82, 2.24) is 14.7 Å². The highest BCUT2D eigenvalue weighted by molar-refractivity contribution is 5.96. The molecule has 1 saturated carbocycles. The van der Waals surface area contributed by atoms with E-state index in [0.717, 1.165) is 5.56 Å². The molecule has 0 spiro atoms. The van der Waals surface area contributed by atoms with E-state index in [1.807, 2.05) is 0 Å². The number of hydrogen-bond donors (Lipinski definition) is 2. The van der Waals surface area contributed by atoms with E-state index in [4.69, 9.17) is 6.42 Å². The van der Waals surface area contributed by atoms with Crippen LogP contribution in [0.15, 0.2) is 36.7 Å². The van der Waals surface area contributed by atoms with E-state index < -0.39 is 24.8 Å². The normalized spacial score (nSPS) is 17.8. The zero-order chi connectivity index (χ0) is 23.0. The first-order valence-electron chi connectivity index (χ1n) is 10.0. The van der Waals surface area contributed by atoms with Gasteiger partial charge in [-0.05, 0) is 30.7 Å². The highest BCUT2D eigenvalue weighted by Gasteiger charge is 2.38. The van der Waals surface area contributed by atoms with Crippen LogP contribution in [0.2, 0.25) is 0 Å². The fraction of sp³-hybridized carbons (Fsp3) is 0.304. The van der Waals surface area contributed by atoms with E-state index in [-0.39, 0.29) is 12.5 Å². The maximum absolute atomic E-state index is 13.1. The lowest BCUT2D eigenvalue weighted by Gasteiger charge is -2.12. The molecule has 1 aromatic carbocycles. The zero-order valence-electron chi connectivity index (χ0n) is 17.1. The molecule has 2 aromatic heterocycles. The summed E-state index contributed by atoms with van der Waals surface area (Å²) in [4.78, 5) is 16.7. The van der Waals surface area contributed by atoms with Crippen LogP contribution in [0.25, 0.3) is 16.9 Å². The Labute approximate surface area is 181 Å². The van der Waals surface area contributed by atoms with Crippen molar-refractivity contribution in [3.8, 4) is 23.6 Å². The Kier molecular flexibility index (Phi) is 5.55. The topological polar surface area (TPSA) is 58.4 Å². The van der Waals surface area contributed by atoms with Crippen molar-refractivity contribution in [2.45, 2.75) is 38.2 Å². The predicted molar refractivity (Wildman–Crippen MR) is 113 cm³/mol. The molecule has 2 atom stereocenters. The van der Waals surface area contributed by atoms with E-state index >= 15 is 0 Å². The van der Waals surface area contributed by atoms with Gasteiger partial charge in [-0.2, -0.15) is 13.2 Å². The highest BCUT2D eigenvalue weighted by Crippen LogP contribution is 2.29. The van der Waals surface area contributed by atoms with Gasteiger partial charge in [-0.3, -0.25) is 9.20 Å². The van der Waals surface area contributed by atoms with Crippen LogP contribution in [0, 0.1) is 19.3 Å². The number of aromatic nitrogens is 2. The molecule has 166 valence electrons. The highest BCUT2D eigenvalue weighted by atomic mass is 19.4. The number of amides is 1. The van der Waals surface area contributed by atoms with Crippen LogP contribution in [0.4, 0.5) is 23.2 Å². The van der Waals surface area contributed by atoms with Crippen LogP contribution >= 0.6 is 0 Å². The molecular formula is C23H20F4N4O. The maximum Gasteiger partial charge on any atom is 0.390 e. The standard InChI is InChI=1S/C23H20F4N4O/c1-3-14-9-19(28-7-6-23(25,26)27)21-29-11-20(31(21)12-14)15-4-5-16(13(2)8-15)22(32)30-18-10-17(18)24/h1,4-5,8-9,11-12,17-18,28H,6-7,10H2,2H3,(H,30,32)/t17-,18-/m1/s1. The van der Waals surface area contributed by atoms with E-state index in [1.54, 1.807) is 48.0 Å². The number of terminal acetylenes is 1. The molecule has 2 heterocycles. The molecule has 4 rings (SSSR count). The third-order valence-electron chi connectivity index (χ3n) is 5.29. The summed E-state index contributed by atoms with van der Waals surface area (Å²) in [6.45, 7) is 1.47. The third kappa shape index (κ3) is 4.54. The van der Waals surface area contributed by atoms with Crippen LogP contribution in [0.1, 0.15) is 34.3 Å². The molecule has 3 aromatic rings. The van der Waals surface area contributed by atoms with Crippen LogP contribution < -0.4 is 10.6 Å². The third-order valence-corrected chi connectivity index (χ3v) is 5.29. The summed E-state index contributed by atoms with van der Waals surface area (Å²) in [5.74, 6) is 2.17. The van der Waals surface area contributed by atoms with Gasteiger partial charge >= 0.3 is 6.18 Å². The molecule has 0 unspecified atom stereocenters. The number of alkyl halides is 4. The summed E-state index contributed by atoms with van der Waals surface area (Å²) in [6.07, 6.45) is 2.90. The van der Waals surface area contributed by atoms with Crippen molar-refractivity contribution in [1.29, 1.82) is 0 Å². The average molecular weight is 444 g/mol. The largest absolute Gasteiger partial charge is 0.390 e. The number of carbonyl (C=O) groups is 1. The van der Waals surface area contributed by atoms with Gasteiger partial charge in [-0.1, -0.05) is 12.0 Å². The van der Waals surface area contributed by atoms with Crippen molar-refractivity contribution < 1.29 is 22.4 Å². The Hall–Kier alpha value is -3.54. The van der Waals surface area contributed by atoms with Gasteiger partial charge in [0.05, 0.1) is 30.0 Å². The second kappa shape index (κ2) is 8.19. The Morgan fingerprint density at radius 2 is 2.09 bits per heavy atom. The number of carbonyl (C=O) groups excluding carboxylic acids is 1. The summed E-state index contributed by atoms with van der Waals surface area (Å²) in [7, 11) is 0. The van der Waals surface area contributed by atoms with Gasteiger partial charge in [-0.25, -0.2) is 9.37 Å². The SMILES string of the molecule is C#Cc1cc(NCCC(F)(F)F)c2ncc(-c3ccc(C(=O)N[C@@H]4C[C@H]4F)c(C)c3)n2c1. The van der Waals surface area contributed by atoms with Crippen molar-refractivity contribution in [2.24, 2.45) is 0 Å². The molecule has 1 amide bonds. The maximum atomic E-state index is 13.1. The van der Waals surface area contributed by atoms with Gasteiger partial charge in [0, 0.05) is 35.9 Å². The number of anilines is 1. The molecule has 0 aliphatic heterocycles. The van der Waals surface area contributed by atoms with Crippen molar-refractivity contribution in [3.63, 3.8) is 0 Å². The average Bonchev–Trinajstić information content (AvgIpc) is 3.24. The summed E-state index contributed by atoms with van der Waals surface area (Å²) in [5, 5.41) is 5.42. The van der Waals surface area contributed by atoms with Crippen molar-refractivity contribution >= 4 is 17.2 Å². The Bertz CT molecular complexity index is 1230. The van der Waals surface area contributed by atoms with E-state index in [9.17, 15) is 22.4 Å². The molecule has 32 heavy (non-hydrogen) atoms. The minimum Gasteiger partial charge on any atom is -0.382 e. The summed E-state index contributed by atoms with van der Waals surface area (Å²) in [6, 6.07) is 6.35. The summed E-state index contributed by atoms with van der Waals surface area (Å²) in [5.41, 5.74) is 3.86. The van der Waals surface area contributed by atoms with Crippen LogP contribution in [0.5, 0.6) is 0 Å². The number of hydrogen-bond acceptors (Lipinski definition) is 3. The van der Waals surface area contributed by atoms with E-state index in [2.05, 4.69) is 21.5 Å². The van der Waals surface area contributed by atoms with Crippen LogP contribution in [0.3, 0.4) is 0 Å². The van der Waals surface area contributed by atoms with Crippen molar-refractivity contribution in [3.05, 3.63) is 53.3 Å². The molecule has 0 radical (unpaired) electrons. The quantitative estimate of drug-likeness (QED) is 0.435. The lowest BCUT2D eigenvalue weighted by molar-refractivity contribution is -0.131. The molecule has 5 nitrogen and oxygen atoms in total. The van der Waals surface area contributed by atoms with E-state index in [1.165, 1.54) is 0 Å². The molecule has 0 bridgehead atoms. The number of benzene rings is 1. The molecule has 9 heteroatoms. The Balaban J connectivity index is 1.64. The number of rotatable bonds is 6. The number of fused-ring (bicyclic) bond motifs is 1. The van der Waals surface area contributed by atoms with Gasteiger partial charge in [-0.15, -0.1) is 6.42 Å². The first kappa shape index (κ1) is 21.7. The number of imidazole rings is 1. The number of pyridine rings is 1. The molecular weight excluding hydrogens is 424 g/mol. The van der Waals surface area contributed by atoms with Crippen LogP contribution in [-0.2, 0) is 0 Å². The number of nitrogens with one attached hydrogen (secondary N) is 2. The van der Waals surface area contributed by atoms with Crippen molar-refractivity contribution in [2.75, 3.05) is 11.9 Å². The number of nitrogens with zero attached hydrogens (tertiary/aromatic N) is 2. The fourth-order valence-corrected chi connectivity index (χ4v) is 3.49. The lowest BCUT2D eigenvalue weighted by Crippen LogP contribution is -2.27. The number of aryl methyl sites for hydroxylation is 1. The van der Waals surface area contributed by atoms with E-state index in [0.29, 0.717) is 40.1 Å². The fourth-order valence-electron chi connectivity index (χ4n) is 3.49. The monoisotopic (exact) mass is 444 g/mol. The smallest absolute Gasteiger partial charge is 0.382 e. The second-order valence-corrected chi connectivity index (χ2v) is 7.78. The van der Waals surface area contributed by atoms with Gasteiger partial charge in [0.1, 0.15) is 6.17 Å². The molecule has 1 fully saturated rings. The minimum absolute atomic E-state index is 0.307. The van der Waals surface area contributed by atoms with Gasteiger partial charge in [0.15, 0.2) is 5.65 Å². The molecule has 0 saturated heterocycles. The zero-order valence-corrected chi connectivity index (χ0v) is 17.1. The lowest BCUT2D eigenvalue weighted by atomic mass is 10.0. The Morgan fingerprint density at radius 3 is 2.72 bits per heavy atom. The van der Waals surface area contributed by atoms with Gasteiger partial charge in [0.2, 0.25) is 0 Å². The second-order valence-electron chi connectivity index (χ2n) is 7.78. The molecule has 1 aliphatic rings. The van der Waals surface area contributed by atoms with Gasteiger partial charge in [0.25, 0.3) is 5.91 Å². The first-order chi connectivity index (χ1) is 15.2.